The molecule has 3 rings (SSSR count). The van der Waals surface area contributed by atoms with E-state index < -0.39 is 23.8 Å². The number of amides is 2. The van der Waals surface area contributed by atoms with Crippen molar-refractivity contribution in [1.82, 2.24) is 25.0 Å². The van der Waals surface area contributed by atoms with Gasteiger partial charge in [0.25, 0.3) is 5.91 Å². The van der Waals surface area contributed by atoms with Crippen molar-refractivity contribution < 1.29 is 22.8 Å². The molecular weight excluding hydrogens is 339 g/mol. The number of benzene rings is 1. The summed E-state index contributed by atoms with van der Waals surface area (Å²) in [4.78, 5) is 25.4. The van der Waals surface area contributed by atoms with Gasteiger partial charge in [-0.25, -0.2) is 0 Å². The summed E-state index contributed by atoms with van der Waals surface area (Å²) in [5.74, 6) is -1.78. The number of hydrogen-bond acceptors (Lipinski definition) is 4. The maximum absolute atomic E-state index is 12.8. The van der Waals surface area contributed by atoms with Gasteiger partial charge in [0.05, 0.1) is 13.1 Å². The van der Waals surface area contributed by atoms with Crippen LogP contribution in [0.25, 0.3) is 0 Å². The molecule has 2 heterocycles. The van der Waals surface area contributed by atoms with Crippen LogP contribution in [0.15, 0.2) is 30.3 Å². The maximum Gasteiger partial charge on any atom is 0.451 e. The van der Waals surface area contributed by atoms with Crippen LogP contribution in [0.1, 0.15) is 22.0 Å². The molecule has 1 aromatic carbocycles. The van der Waals surface area contributed by atoms with Gasteiger partial charge >= 0.3 is 6.18 Å². The maximum atomic E-state index is 12.8. The molecule has 2 aromatic rings. The molecule has 1 aliphatic heterocycles. The largest absolute Gasteiger partial charge is 0.451 e. The lowest BCUT2D eigenvalue weighted by Gasteiger charge is -2.28. The highest BCUT2D eigenvalue weighted by atomic mass is 19.4. The van der Waals surface area contributed by atoms with Crippen molar-refractivity contribution >= 4 is 11.8 Å². The molecular formula is C15H14F3N5O2. The van der Waals surface area contributed by atoms with E-state index in [4.69, 9.17) is 0 Å². The standard InChI is InChI=1S/C15H14F3N5O2/c16-15(17,18)14-21-20-11-9-22(6-7-23(11)14)12(24)8-19-13(25)10-4-2-1-3-5-10/h1-5H,6-9H2,(H,19,25). The third kappa shape index (κ3) is 3.62. The lowest BCUT2D eigenvalue weighted by molar-refractivity contribution is -0.148. The molecule has 0 aliphatic carbocycles. The molecule has 25 heavy (non-hydrogen) atoms. The molecule has 0 saturated carbocycles. The molecule has 0 spiro atoms. The molecule has 1 aliphatic rings. The minimum atomic E-state index is -4.58. The van der Waals surface area contributed by atoms with Crippen LogP contribution in [0, 0.1) is 0 Å². The van der Waals surface area contributed by atoms with Crippen LogP contribution in [-0.2, 0) is 24.1 Å². The van der Waals surface area contributed by atoms with Crippen LogP contribution in [0.3, 0.4) is 0 Å². The van der Waals surface area contributed by atoms with Gasteiger partial charge in [-0.3, -0.25) is 9.59 Å². The van der Waals surface area contributed by atoms with Gasteiger partial charge < -0.3 is 14.8 Å². The van der Waals surface area contributed by atoms with E-state index in [9.17, 15) is 22.8 Å². The van der Waals surface area contributed by atoms with Crippen molar-refractivity contribution in [2.75, 3.05) is 13.1 Å². The number of nitrogens with one attached hydrogen (secondary N) is 1. The Balaban J connectivity index is 1.60. The van der Waals surface area contributed by atoms with Gasteiger partial charge in [0.2, 0.25) is 11.7 Å². The van der Waals surface area contributed by atoms with Gasteiger partial charge in [0.15, 0.2) is 5.82 Å². The molecule has 0 bridgehead atoms. The monoisotopic (exact) mass is 353 g/mol. The van der Waals surface area contributed by atoms with E-state index in [-0.39, 0.29) is 32.0 Å². The number of carbonyl (C=O) groups excluding carboxylic acids is 2. The van der Waals surface area contributed by atoms with Crippen LogP contribution in [-0.4, -0.2) is 44.6 Å². The SMILES string of the molecule is O=C(NCC(=O)N1CCn2c(nnc2C(F)(F)F)C1)c1ccccc1. The van der Waals surface area contributed by atoms with Crippen LogP contribution in [0.2, 0.25) is 0 Å². The fourth-order valence-electron chi connectivity index (χ4n) is 2.54. The number of carbonyl (C=O) groups is 2. The van der Waals surface area contributed by atoms with E-state index in [0.717, 1.165) is 4.57 Å². The Labute approximate surface area is 140 Å². The number of hydrogen-bond donors (Lipinski definition) is 1. The van der Waals surface area contributed by atoms with Crippen molar-refractivity contribution in [2.24, 2.45) is 0 Å². The number of fused-ring (bicyclic) bond motifs is 1. The van der Waals surface area contributed by atoms with E-state index in [1.54, 1.807) is 30.3 Å². The number of alkyl halides is 3. The Morgan fingerprint density at radius 2 is 1.84 bits per heavy atom. The fourth-order valence-corrected chi connectivity index (χ4v) is 2.54. The Bertz CT molecular complexity index is 788. The summed E-state index contributed by atoms with van der Waals surface area (Å²) in [5.41, 5.74) is 0.420. The summed E-state index contributed by atoms with van der Waals surface area (Å²) in [6.07, 6.45) is -4.58. The summed E-state index contributed by atoms with van der Waals surface area (Å²) < 4.78 is 39.3. The zero-order valence-electron chi connectivity index (χ0n) is 13.0. The lowest BCUT2D eigenvalue weighted by atomic mass is 10.2. The molecule has 0 radical (unpaired) electrons. The van der Waals surface area contributed by atoms with Gasteiger partial charge in [-0.1, -0.05) is 18.2 Å². The van der Waals surface area contributed by atoms with Crippen molar-refractivity contribution in [2.45, 2.75) is 19.3 Å². The Morgan fingerprint density at radius 1 is 1.12 bits per heavy atom. The topological polar surface area (TPSA) is 80.1 Å². The third-order valence-corrected chi connectivity index (χ3v) is 3.80. The summed E-state index contributed by atoms with van der Waals surface area (Å²) in [6, 6.07) is 8.39. The molecule has 10 heteroatoms. The zero-order chi connectivity index (χ0) is 18.0. The first kappa shape index (κ1) is 16.9. The highest BCUT2D eigenvalue weighted by Gasteiger charge is 2.39. The first-order valence-corrected chi connectivity index (χ1v) is 7.46. The predicted molar refractivity (Wildman–Crippen MR) is 79.2 cm³/mol. The van der Waals surface area contributed by atoms with Crippen molar-refractivity contribution in [1.29, 1.82) is 0 Å². The molecule has 132 valence electrons. The molecule has 0 unspecified atom stereocenters. The van der Waals surface area contributed by atoms with Crippen molar-refractivity contribution in [3.63, 3.8) is 0 Å². The van der Waals surface area contributed by atoms with Crippen LogP contribution >= 0.6 is 0 Å². The van der Waals surface area contributed by atoms with Gasteiger partial charge in [-0.05, 0) is 12.1 Å². The number of rotatable bonds is 3. The normalized spacial score (nSPS) is 14.1. The van der Waals surface area contributed by atoms with Crippen LogP contribution in [0.5, 0.6) is 0 Å². The first-order valence-electron chi connectivity index (χ1n) is 7.46. The quantitative estimate of drug-likeness (QED) is 0.895. The smallest absolute Gasteiger partial charge is 0.343 e. The van der Waals surface area contributed by atoms with Crippen LogP contribution in [0.4, 0.5) is 13.2 Å². The van der Waals surface area contributed by atoms with E-state index in [1.807, 2.05) is 0 Å². The predicted octanol–water partition coefficient (Wildman–Crippen LogP) is 1.07. The zero-order valence-corrected chi connectivity index (χ0v) is 13.0. The van der Waals surface area contributed by atoms with Crippen LogP contribution < -0.4 is 5.32 Å². The van der Waals surface area contributed by atoms with Gasteiger partial charge in [0.1, 0.15) is 0 Å². The molecule has 1 N–H and O–H groups in total. The molecule has 2 amide bonds. The fraction of sp³-hybridized carbons (Fsp3) is 0.333. The molecule has 0 saturated heterocycles. The second kappa shape index (κ2) is 6.54. The molecule has 0 atom stereocenters. The summed E-state index contributed by atoms with van der Waals surface area (Å²) >= 11 is 0. The van der Waals surface area contributed by atoms with E-state index >= 15 is 0 Å². The Morgan fingerprint density at radius 3 is 2.52 bits per heavy atom. The molecule has 0 fully saturated rings. The highest BCUT2D eigenvalue weighted by Crippen LogP contribution is 2.29. The molecule has 1 aromatic heterocycles. The Hall–Kier alpha value is -2.91. The number of nitrogens with zero attached hydrogens (tertiary/aromatic N) is 4. The molecule has 7 nitrogen and oxygen atoms in total. The van der Waals surface area contributed by atoms with Crippen molar-refractivity contribution in [3.05, 3.63) is 47.5 Å². The second-order valence-corrected chi connectivity index (χ2v) is 5.45. The van der Waals surface area contributed by atoms with E-state index in [1.165, 1.54) is 4.90 Å². The number of halogens is 3. The van der Waals surface area contributed by atoms with Crippen molar-refractivity contribution in [3.8, 4) is 0 Å². The third-order valence-electron chi connectivity index (χ3n) is 3.80. The van der Waals surface area contributed by atoms with Gasteiger partial charge in [-0.2, -0.15) is 13.2 Å². The minimum absolute atomic E-state index is 0.0461. The lowest BCUT2D eigenvalue weighted by Crippen LogP contribution is -2.44. The average Bonchev–Trinajstić information content (AvgIpc) is 3.03. The first-order chi connectivity index (χ1) is 11.9. The highest BCUT2D eigenvalue weighted by molar-refractivity contribution is 5.96. The average molecular weight is 353 g/mol. The van der Waals surface area contributed by atoms with E-state index in [0.29, 0.717) is 5.56 Å². The summed E-state index contributed by atoms with van der Waals surface area (Å²) in [6.45, 7) is -0.277. The summed E-state index contributed by atoms with van der Waals surface area (Å²) in [5, 5.41) is 9.16. The summed E-state index contributed by atoms with van der Waals surface area (Å²) in [7, 11) is 0. The van der Waals surface area contributed by atoms with E-state index in [2.05, 4.69) is 15.5 Å². The van der Waals surface area contributed by atoms with Gasteiger partial charge in [0, 0.05) is 18.7 Å². The Kier molecular flexibility index (Phi) is 4.43. The minimum Gasteiger partial charge on any atom is -0.343 e. The van der Waals surface area contributed by atoms with Gasteiger partial charge in [-0.15, -0.1) is 10.2 Å². The number of aromatic nitrogens is 3. The second-order valence-electron chi connectivity index (χ2n) is 5.45.